The van der Waals surface area contributed by atoms with Crippen LogP contribution in [-0.2, 0) is 9.53 Å². The van der Waals surface area contributed by atoms with E-state index in [9.17, 15) is 4.79 Å². The molecule has 0 spiro atoms. The van der Waals surface area contributed by atoms with Gasteiger partial charge in [0.15, 0.2) is 0 Å². The van der Waals surface area contributed by atoms with Crippen LogP contribution in [0.2, 0.25) is 0 Å². The minimum absolute atomic E-state index is 0.153. The van der Waals surface area contributed by atoms with Crippen molar-refractivity contribution in [2.45, 2.75) is 51.1 Å². The molecule has 2 fully saturated rings. The largest absolute Gasteiger partial charge is 0.468 e. The van der Waals surface area contributed by atoms with Gasteiger partial charge in [-0.15, -0.1) is 0 Å². The summed E-state index contributed by atoms with van der Waals surface area (Å²) in [6.07, 6.45) is 4.80. The Morgan fingerprint density at radius 2 is 2.05 bits per heavy atom. The molecule has 0 aromatic heterocycles. The molecule has 2 saturated heterocycles. The quantitative estimate of drug-likeness (QED) is 0.713. The zero-order valence-electron chi connectivity index (χ0n) is 13.9. The zero-order valence-corrected chi connectivity index (χ0v) is 13.9. The predicted molar refractivity (Wildman–Crippen MR) is 84.4 cm³/mol. The van der Waals surface area contributed by atoms with Crippen LogP contribution in [0.25, 0.3) is 0 Å². The number of esters is 1. The minimum atomic E-state index is -0.560. The molecule has 122 valence electrons. The highest BCUT2D eigenvalue weighted by molar-refractivity contribution is 5.80. The van der Waals surface area contributed by atoms with Crippen LogP contribution in [0.4, 0.5) is 0 Å². The maximum Gasteiger partial charge on any atom is 0.325 e. The Bertz CT molecular complexity index is 344. The van der Waals surface area contributed by atoms with Crippen LogP contribution in [-0.4, -0.2) is 73.7 Å². The summed E-state index contributed by atoms with van der Waals surface area (Å²) >= 11 is 0. The molecule has 2 aliphatic heterocycles. The van der Waals surface area contributed by atoms with Gasteiger partial charge in [0.25, 0.3) is 0 Å². The lowest BCUT2D eigenvalue weighted by molar-refractivity contribution is -0.148. The van der Waals surface area contributed by atoms with Crippen LogP contribution >= 0.6 is 0 Å². The number of methoxy groups -OCH3 is 1. The van der Waals surface area contributed by atoms with Gasteiger partial charge in [-0.2, -0.15) is 0 Å². The number of carbonyl (C=O) groups is 1. The molecule has 2 atom stereocenters. The fourth-order valence-corrected chi connectivity index (χ4v) is 3.68. The van der Waals surface area contributed by atoms with Gasteiger partial charge >= 0.3 is 5.97 Å². The first-order chi connectivity index (χ1) is 10.1. The van der Waals surface area contributed by atoms with Gasteiger partial charge in [0.2, 0.25) is 0 Å². The molecule has 0 saturated carbocycles. The summed E-state index contributed by atoms with van der Waals surface area (Å²) in [4.78, 5) is 17.1. The molecule has 0 aromatic rings. The Kier molecular flexibility index (Phi) is 6.02. The molecule has 2 heterocycles. The van der Waals surface area contributed by atoms with Crippen molar-refractivity contribution >= 4 is 5.97 Å². The molecule has 1 N–H and O–H groups in total. The summed E-state index contributed by atoms with van der Waals surface area (Å²) in [6.45, 7) is 10.6. The van der Waals surface area contributed by atoms with Crippen LogP contribution in [0.5, 0.6) is 0 Å². The molecule has 2 rings (SSSR count). The predicted octanol–water partition coefficient (Wildman–Crippen LogP) is 1.09. The third-order valence-electron chi connectivity index (χ3n) is 5.04. The normalized spacial score (nSPS) is 26.9. The summed E-state index contributed by atoms with van der Waals surface area (Å²) < 4.78 is 4.96. The lowest BCUT2D eigenvalue weighted by Gasteiger charge is -2.30. The van der Waals surface area contributed by atoms with Crippen LogP contribution in [0.3, 0.4) is 0 Å². The van der Waals surface area contributed by atoms with Gasteiger partial charge in [-0.25, -0.2) is 0 Å². The van der Waals surface area contributed by atoms with Crippen LogP contribution in [0, 0.1) is 0 Å². The van der Waals surface area contributed by atoms with Crippen molar-refractivity contribution in [3.63, 3.8) is 0 Å². The minimum Gasteiger partial charge on any atom is -0.468 e. The van der Waals surface area contributed by atoms with Gasteiger partial charge in [0.1, 0.15) is 5.54 Å². The van der Waals surface area contributed by atoms with Crippen molar-refractivity contribution in [1.29, 1.82) is 0 Å². The number of hydrogen-bond donors (Lipinski definition) is 1. The monoisotopic (exact) mass is 297 g/mol. The Balaban J connectivity index is 1.80. The third kappa shape index (κ3) is 4.18. The van der Waals surface area contributed by atoms with E-state index in [1.807, 2.05) is 13.8 Å². The van der Waals surface area contributed by atoms with Gasteiger partial charge in [-0.05, 0) is 58.8 Å². The molecule has 21 heavy (non-hydrogen) atoms. The first kappa shape index (κ1) is 16.7. The van der Waals surface area contributed by atoms with Gasteiger partial charge in [-0.1, -0.05) is 6.92 Å². The zero-order chi connectivity index (χ0) is 15.3. The van der Waals surface area contributed by atoms with E-state index in [-0.39, 0.29) is 5.97 Å². The topological polar surface area (TPSA) is 44.8 Å². The summed E-state index contributed by atoms with van der Waals surface area (Å²) in [5, 5.41) is 3.29. The molecule has 0 aliphatic carbocycles. The summed E-state index contributed by atoms with van der Waals surface area (Å²) in [5.74, 6) is -0.153. The van der Waals surface area contributed by atoms with Gasteiger partial charge < -0.3 is 15.0 Å². The summed E-state index contributed by atoms with van der Waals surface area (Å²) in [6, 6.07) is 0.732. The summed E-state index contributed by atoms with van der Waals surface area (Å²) in [7, 11) is 1.47. The van der Waals surface area contributed by atoms with Gasteiger partial charge in [-0.3, -0.25) is 9.69 Å². The second kappa shape index (κ2) is 7.56. The van der Waals surface area contributed by atoms with Crippen molar-refractivity contribution in [2.75, 3.05) is 46.4 Å². The smallest absolute Gasteiger partial charge is 0.325 e. The van der Waals surface area contributed by atoms with Crippen molar-refractivity contribution in [1.82, 2.24) is 15.1 Å². The second-order valence-electron chi connectivity index (χ2n) is 6.59. The molecule has 2 unspecified atom stereocenters. The van der Waals surface area contributed by atoms with Crippen LogP contribution in [0.1, 0.15) is 39.5 Å². The Morgan fingerprint density at radius 3 is 2.67 bits per heavy atom. The Labute approximate surface area is 129 Å². The number of likely N-dealkylation sites (tertiary alicyclic amines) is 2. The molecule has 0 amide bonds. The molecular formula is C16H31N3O2. The van der Waals surface area contributed by atoms with Crippen molar-refractivity contribution in [3.05, 3.63) is 0 Å². The molecule has 0 bridgehead atoms. The fourth-order valence-electron chi connectivity index (χ4n) is 3.68. The van der Waals surface area contributed by atoms with E-state index < -0.39 is 5.54 Å². The van der Waals surface area contributed by atoms with E-state index in [1.165, 1.54) is 39.5 Å². The van der Waals surface area contributed by atoms with Gasteiger partial charge in [0.05, 0.1) is 7.11 Å². The average Bonchev–Trinajstić information content (AvgIpc) is 3.15. The molecule has 2 aliphatic rings. The van der Waals surface area contributed by atoms with Crippen molar-refractivity contribution in [2.24, 2.45) is 0 Å². The second-order valence-corrected chi connectivity index (χ2v) is 6.59. The third-order valence-corrected chi connectivity index (χ3v) is 5.04. The molecule has 0 radical (unpaired) electrons. The first-order valence-electron chi connectivity index (χ1n) is 8.39. The van der Waals surface area contributed by atoms with E-state index in [2.05, 4.69) is 15.1 Å². The maximum atomic E-state index is 12.0. The number of rotatable bonds is 7. The van der Waals surface area contributed by atoms with E-state index in [1.54, 1.807) is 0 Å². The van der Waals surface area contributed by atoms with E-state index in [0.29, 0.717) is 0 Å². The maximum absolute atomic E-state index is 12.0. The number of nitrogens with one attached hydrogen (secondary N) is 1. The lowest BCUT2D eigenvalue weighted by Crippen LogP contribution is -2.52. The number of ether oxygens (including phenoxy) is 1. The molecule has 5 nitrogen and oxygen atoms in total. The van der Waals surface area contributed by atoms with Gasteiger partial charge in [0, 0.05) is 19.1 Å². The highest BCUT2D eigenvalue weighted by Crippen LogP contribution is 2.22. The highest BCUT2D eigenvalue weighted by Gasteiger charge is 2.35. The Hall–Kier alpha value is -0.650. The van der Waals surface area contributed by atoms with Crippen molar-refractivity contribution in [3.8, 4) is 0 Å². The summed E-state index contributed by atoms with van der Waals surface area (Å²) in [5.41, 5.74) is -0.560. The number of carbonyl (C=O) groups excluding carboxylic acids is 1. The highest BCUT2D eigenvalue weighted by atomic mass is 16.5. The first-order valence-corrected chi connectivity index (χ1v) is 8.39. The SMILES string of the molecule is CCNC(C)(CCN1CCC(N2CCCC2)C1)C(=O)OC. The van der Waals surface area contributed by atoms with E-state index in [4.69, 9.17) is 4.74 Å². The Morgan fingerprint density at radius 1 is 1.33 bits per heavy atom. The van der Waals surface area contributed by atoms with Crippen LogP contribution < -0.4 is 5.32 Å². The van der Waals surface area contributed by atoms with E-state index >= 15 is 0 Å². The van der Waals surface area contributed by atoms with Crippen molar-refractivity contribution < 1.29 is 9.53 Å². The molecule has 5 heteroatoms. The standard InChI is InChI=1S/C16H31N3O2/c1-4-17-16(2,15(20)21-3)8-12-18-11-7-14(13-18)19-9-5-6-10-19/h14,17H,4-13H2,1-3H3. The average molecular weight is 297 g/mol. The number of likely N-dealkylation sites (N-methyl/N-ethyl adjacent to an activating group) is 1. The van der Waals surface area contributed by atoms with Crippen LogP contribution in [0.15, 0.2) is 0 Å². The fraction of sp³-hybridized carbons (Fsp3) is 0.938. The molecule has 0 aromatic carbocycles. The lowest BCUT2D eigenvalue weighted by atomic mass is 9.97. The molecular weight excluding hydrogens is 266 g/mol. The number of nitrogens with zero attached hydrogens (tertiary/aromatic N) is 2. The number of hydrogen-bond acceptors (Lipinski definition) is 5. The van der Waals surface area contributed by atoms with E-state index in [0.717, 1.165) is 38.6 Å².